The molecule has 2 amide bonds. The quantitative estimate of drug-likeness (QED) is 0.331. The molecule has 0 radical (unpaired) electrons. The van der Waals surface area contributed by atoms with Gasteiger partial charge >= 0.3 is 5.97 Å². The van der Waals surface area contributed by atoms with Crippen LogP contribution in [0.2, 0.25) is 0 Å². The lowest BCUT2D eigenvalue weighted by atomic mass is 9.82. The lowest BCUT2D eigenvalue weighted by Gasteiger charge is -2.40. The van der Waals surface area contributed by atoms with E-state index in [1.54, 1.807) is 50.4 Å². The number of Topliss-reactive ketones (excluding diaryl/α,β-unsaturated/α-hetero) is 1. The van der Waals surface area contributed by atoms with E-state index in [-0.39, 0.29) is 31.1 Å². The van der Waals surface area contributed by atoms with Crippen LogP contribution in [0.15, 0.2) is 54.6 Å². The lowest BCUT2D eigenvalue weighted by Crippen LogP contribution is -2.73. The summed E-state index contributed by atoms with van der Waals surface area (Å²) in [5, 5.41) is 5.22. The summed E-state index contributed by atoms with van der Waals surface area (Å²) in [7, 11) is 1.55. The van der Waals surface area contributed by atoms with Crippen LogP contribution < -0.4 is 15.4 Å². The van der Waals surface area contributed by atoms with Crippen LogP contribution in [-0.4, -0.2) is 42.8 Å². The molecule has 0 aromatic heterocycles. The Morgan fingerprint density at radius 3 is 2.31 bits per heavy atom. The molecule has 0 spiro atoms. The van der Waals surface area contributed by atoms with E-state index < -0.39 is 29.9 Å². The Morgan fingerprint density at radius 2 is 1.72 bits per heavy atom. The molecule has 1 unspecified atom stereocenters. The first-order valence-corrected chi connectivity index (χ1v) is 10.4. The largest absolute Gasteiger partial charge is 0.497 e. The second kappa shape index (κ2) is 10.6. The standard InChI is InChI=1S/C24H26N2O6/c1-3-18(27)20(24(30)32-14-16-9-11-17(31-2)12-10-16)21-22(23(29)26-21)25-19(28)13-15-7-5-4-6-8-15/h4-12,20-22H,3,13-14H2,1-2H3,(H,25,28)(H,26,29)/t20?,21-,22+/m1/s1. The number of rotatable bonds is 10. The molecule has 0 bridgehead atoms. The van der Waals surface area contributed by atoms with Crippen molar-refractivity contribution in [1.82, 2.24) is 10.6 Å². The van der Waals surface area contributed by atoms with Gasteiger partial charge in [0.25, 0.3) is 0 Å². The zero-order valence-electron chi connectivity index (χ0n) is 18.0. The fourth-order valence-electron chi connectivity index (χ4n) is 3.51. The maximum Gasteiger partial charge on any atom is 0.319 e. The highest BCUT2D eigenvalue weighted by Crippen LogP contribution is 2.22. The Hall–Kier alpha value is -3.68. The highest BCUT2D eigenvalue weighted by atomic mass is 16.5. The second-order valence-electron chi connectivity index (χ2n) is 7.50. The summed E-state index contributed by atoms with van der Waals surface area (Å²) < 4.78 is 10.5. The van der Waals surface area contributed by atoms with Gasteiger partial charge in [-0.15, -0.1) is 0 Å². The lowest BCUT2D eigenvalue weighted by molar-refractivity contribution is -0.158. The summed E-state index contributed by atoms with van der Waals surface area (Å²) in [4.78, 5) is 49.8. The molecule has 1 aliphatic rings. The average molecular weight is 438 g/mol. The minimum absolute atomic E-state index is 0.0258. The molecule has 32 heavy (non-hydrogen) atoms. The van der Waals surface area contributed by atoms with Gasteiger partial charge in [0, 0.05) is 6.42 Å². The Kier molecular flexibility index (Phi) is 7.59. The van der Waals surface area contributed by atoms with E-state index in [0.717, 1.165) is 11.1 Å². The van der Waals surface area contributed by atoms with Gasteiger partial charge in [-0.25, -0.2) is 0 Å². The van der Waals surface area contributed by atoms with Gasteiger partial charge in [0.2, 0.25) is 11.8 Å². The van der Waals surface area contributed by atoms with Gasteiger partial charge < -0.3 is 20.1 Å². The van der Waals surface area contributed by atoms with Crippen LogP contribution >= 0.6 is 0 Å². The van der Waals surface area contributed by atoms with Crippen molar-refractivity contribution in [3.63, 3.8) is 0 Å². The van der Waals surface area contributed by atoms with E-state index in [4.69, 9.17) is 9.47 Å². The number of ether oxygens (including phenoxy) is 2. The highest BCUT2D eigenvalue weighted by Gasteiger charge is 2.50. The van der Waals surface area contributed by atoms with Gasteiger partial charge in [-0.1, -0.05) is 49.4 Å². The Labute approximate surface area is 186 Å². The first-order valence-electron chi connectivity index (χ1n) is 10.4. The monoisotopic (exact) mass is 438 g/mol. The molecule has 2 aromatic rings. The first kappa shape index (κ1) is 23.0. The maximum atomic E-state index is 12.8. The molecule has 1 aliphatic heterocycles. The number of β-lactam (4-membered cyclic amide) rings is 1. The van der Waals surface area contributed by atoms with E-state index in [1.807, 2.05) is 18.2 Å². The topological polar surface area (TPSA) is 111 Å². The van der Waals surface area contributed by atoms with Crippen LogP contribution in [0, 0.1) is 5.92 Å². The summed E-state index contributed by atoms with van der Waals surface area (Å²) in [6, 6.07) is 14.2. The molecule has 168 valence electrons. The van der Waals surface area contributed by atoms with Crippen LogP contribution in [0.1, 0.15) is 24.5 Å². The third-order valence-electron chi connectivity index (χ3n) is 5.32. The van der Waals surface area contributed by atoms with Crippen molar-refractivity contribution >= 4 is 23.6 Å². The number of nitrogens with one attached hydrogen (secondary N) is 2. The molecule has 1 saturated heterocycles. The van der Waals surface area contributed by atoms with Gasteiger partial charge in [0.15, 0.2) is 0 Å². The number of hydrogen-bond acceptors (Lipinski definition) is 6. The van der Waals surface area contributed by atoms with Crippen molar-refractivity contribution in [1.29, 1.82) is 0 Å². The van der Waals surface area contributed by atoms with E-state index in [9.17, 15) is 19.2 Å². The predicted octanol–water partition coefficient (Wildman–Crippen LogP) is 1.56. The van der Waals surface area contributed by atoms with Crippen molar-refractivity contribution in [3.8, 4) is 5.75 Å². The van der Waals surface area contributed by atoms with E-state index in [0.29, 0.717) is 5.75 Å². The summed E-state index contributed by atoms with van der Waals surface area (Å²) in [5.41, 5.74) is 1.52. The van der Waals surface area contributed by atoms with Crippen LogP contribution in [0.3, 0.4) is 0 Å². The number of carbonyl (C=O) groups excluding carboxylic acids is 4. The summed E-state index contributed by atoms with van der Waals surface area (Å²) in [5.74, 6) is -2.43. The fourth-order valence-corrected chi connectivity index (χ4v) is 3.51. The van der Waals surface area contributed by atoms with E-state index in [2.05, 4.69) is 10.6 Å². The van der Waals surface area contributed by atoms with E-state index >= 15 is 0 Å². The number of hydrogen-bond donors (Lipinski definition) is 2. The van der Waals surface area contributed by atoms with Crippen LogP contribution in [0.25, 0.3) is 0 Å². The molecule has 8 nitrogen and oxygen atoms in total. The molecule has 8 heteroatoms. The molecule has 3 rings (SSSR count). The van der Waals surface area contributed by atoms with Crippen molar-refractivity contribution in [2.24, 2.45) is 5.92 Å². The van der Waals surface area contributed by atoms with Crippen molar-refractivity contribution in [2.75, 3.05) is 7.11 Å². The minimum Gasteiger partial charge on any atom is -0.497 e. The molecule has 2 N–H and O–H groups in total. The van der Waals surface area contributed by atoms with E-state index in [1.165, 1.54) is 0 Å². The van der Waals surface area contributed by atoms with Gasteiger partial charge in [-0.05, 0) is 23.3 Å². The van der Waals surface area contributed by atoms with Gasteiger partial charge in [0.05, 0.1) is 19.6 Å². The molecule has 1 heterocycles. The van der Waals surface area contributed by atoms with Crippen LogP contribution in [0.5, 0.6) is 5.75 Å². The zero-order chi connectivity index (χ0) is 23.1. The number of ketones is 1. The average Bonchev–Trinajstić information content (AvgIpc) is 2.81. The molecular weight excluding hydrogens is 412 g/mol. The Balaban J connectivity index is 1.64. The van der Waals surface area contributed by atoms with Crippen LogP contribution in [-0.2, 0) is 36.9 Å². The Bertz CT molecular complexity index is 974. The summed E-state index contributed by atoms with van der Waals surface area (Å²) >= 11 is 0. The fraction of sp³-hybridized carbons (Fsp3) is 0.333. The van der Waals surface area contributed by atoms with Crippen molar-refractivity contribution in [3.05, 3.63) is 65.7 Å². The molecule has 1 fully saturated rings. The maximum absolute atomic E-state index is 12.8. The highest BCUT2D eigenvalue weighted by molar-refractivity contribution is 6.04. The van der Waals surface area contributed by atoms with Gasteiger partial charge in [0.1, 0.15) is 30.1 Å². The van der Waals surface area contributed by atoms with Gasteiger partial charge in [-0.3, -0.25) is 19.2 Å². The zero-order valence-corrected chi connectivity index (χ0v) is 18.0. The number of carbonyl (C=O) groups is 4. The van der Waals surface area contributed by atoms with Gasteiger partial charge in [-0.2, -0.15) is 0 Å². The summed E-state index contributed by atoms with van der Waals surface area (Å²) in [6.07, 6.45) is 0.186. The third-order valence-corrected chi connectivity index (χ3v) is 5.32. The minimum atomic E-state index is -1.20. The third kappa shape index (κ3) is 5.51. The number of methoxy groups -OCH3 is 1. The number of esters is 1. The molecule has 2 aromatic carbocycles. The second-order valence-corrected chi connectivity index (χ2v) is 7.50. The van der Waals surface area contributed by atoms with Crippen molar-refractivity contribution in [2.45, 2.75) is 38.5 Å². The molecule has 3 atom stereocenters. The molecular formula is C24H26N2O6. The van der Waals surface area contributed by atoms with Crippen molar-refractivity contribution < 1.29 is 28.7 Å². The predicted molar refractivity (Wildman–Crippen MR) is 116 cm³/mol. The molecule has 0 aliphatic carbocycles. The normalized spacial score (nSPS) is 18.0. The molecule has 0 saturated carbocycles. The van der Waals surface area contributed by atoms with Crippen LogP contribution in [0.4, 0.5) is 0 Å². The Morgan fingerprint density at radius 1 is 1.03 bits per heavy atom. The SMILES string of the molecule is CCC(=O)C(C(=O)OCc1ccc(OC)cc1)[C@H]1NC(=O)[C@H]1NC(=O)Cc1ccccc1. The number of benzene rings is 2. The smallest absolute Gasteiger partial charge is 0.319 e. The first-order chi connectivity index (χ1) is 15.4. The number of amides is 2. The summed E-state index contributed by atoms with van der Waals surface area (Å²) in [6.45, 7) is 1.61.